The van der Waals surface area contributed by atoms with Gasteiger partial charge in [0, 0.05) is 16.9 Å². The summed E-state index contributed by atoms with van der Waals surface area (Å²) in [5.41, 5.74) is 0.491. The van der Waals surface area contributed by atoms with E-state index in [0.717, 1.165) is 0 Å². The van der Waals surface area contributed by atoms with Crippen molar-refractivity contribution in [3.63, 3.8) is 0 Å². The van der Waals surface area contributed by atoms with Gasteiger partial charge in [-0.2, -0.15) is 0 Å². The third-order valence-electron chi connectivity index (χ3n) is 4.87. The fourth-order valence-corrected chi connectivity index (χ4v) is 3.20. The molecular weight excluding hydrogens is 400 g/mol. The maximum absolute atomic E-state index is 12.7. The molecule has 156 valence electrons. The Morgan fingerprint density at radius 1 is 0.903 bits per heavy atom. The van der Waals surface area contributed by atoms with Crippen molar-refractivity contribution in [2.24, 2.45) is 0 Å². The van der Waals surface area contributed by atoms with Gasteiger partial charge in [-0.25, -0.2) is 4.79 Å². The molecule has 0 radical (unpaired) electrons. The minimum atomic E-state index is -1.23. The summed E-state index contributed by atoms with van der Waals surface area (Å²) in [6, 6.07) is 15.6. The third kappa shape index (κ3) is 4.01. The number of urea groups is 1. The standard InChI is InChI=1S/C22H18N4O5/c1-22(20(29)25-21(30)26-22)14-6-3-8-16(12-14)23-18(27)13-5-2-7-15(11-13)24-19(28)17-9-4-10-31-17/h2-12H,1H3,(H,23,27)(H,24,28)(H2,25,26,29,30). The van der Waals surface area contributed by atoms with Crippen molar-refractivity contribution in [3.8, 4) is 0 Å². The van der Waals surface area contributed by atoms with Crippen LogP contribution in [0.25, 0.3) is 0 Å². The highest BCUT2D eigenvalue weighted by molar-refractivity contribution is 6.08. The number of carbonyl (C=O) groups is 4. The summed E-state index contributed by atoms with van der Waals surface area (Å²) < 4.78 is 5.05. The van der Waals surface area contributed by atoms with E-state index in [9.17, 15) is 19.2 Å². The first-order chi connectivity index (χ1) is 14.8. The van der Waals surface area contributed by atoms with Gasteiger partial charge in [-0.05, 0) is 55.0 Å². The average molecular weight is 418 g/mol. The zero-order valence-electron chi connectivity index (χ0n) is 16.4. The fourth-order valence-electron chi connectivity index (χ4n) is 3.20. The van der Waals surface area contributed by atoms with E-state index in [0.29, 0.717) is 22.5 Å². The van der Waals surface area contributed by atoms with Crippen molar-refractivity contribution >= 4 is 35.1 Å². The highest BCUT2D eigenvalue weighted by Gasteiger charge is 2.43. The summed E-state index contributed by atoms with van der Waals surface area (Å²) >= 11 is 0. The molecule has 2 heterocycles. The fraction of sp³-hybridized carbons (Fsp3) is 0.0909. The molecule has 5 amide bonds. The summed E-state index contributed by atoms with van der Waals surface area (Å²) in [5, 5.41) is 10.2. The number of furan rings is 1. The molecule has 0 aliphatic carbocycles. The van der Waals surface area contributed by atoms with E-state index in [1.165, 1.54) is 18.4 Å². The van der Waals surface area contributed by atoms with Crippen molar-refractivity contribution in [1.82, 2.24) is 10.6 Å². The number of benzene rings is 2. The van der Waals surface area contributed by atoms with Crippen LogP contribution >= 0.6 is 0 Å². The Labute approximate surface area is 176 Å². The molecule has 3 aromatic rings. The molecule has 4 rings (SSSR count). The van der Waals surface area contributed by atoms with E-state index in [1.54, 1.807) is 55.5 Å². The second-order valence-electron chi connectivity index (χ2n) is 7.08. The quantitative estimate of drug-likeness (QED) is 0.474. The molecule has 0 spiro atoms. The number of hydrogen-bond acceptors (Lipinski definition) is 5. The highest BCUT2D eigenvalue weighted by atomic mass is 16.3. The topological polar surface area (TPSA) is 130 Å². The van der Waals surface area contributed by atoms with Gasteiger partial charge < -0.3 is 20.4 Å². The number of amides is 5. The SMILES string of the molecule is CC1(c2cccc(NC(=O)c3cccc(NC(=O)c4ccco4)c3)c2)NC(=O)NC1=O. The van der Waals surface area contributed by atoms with Gasteiger partial charge in [-0.3, -0.25) is 19.7 Å². The average Bonchev–Trinajstić information content (AvgIpc) is 3.37. The van der Waals surface area contributed by atoms with Gasteiger partial charge >= 0.3 is 6.03 Å². The van der Waals surface area contributed by atoms with Crippen LogP contribution in [-0.4, -0.2) is 23.8 Å². The van der Waals surface area contributed by atoms with Gasteiger partial charge in [0.15, 0.2) is 5.76 Å². The number of nitrogens with one attached hydrogen (secondary N) is 4. The van der Waals surface area contributed by atoms with Crippen molar-refractivity contribution in [1.29, 1.82) is 0 Å². The molecular formula is C22H18N4O5. The van der Waals surface area contributed by atoms with E-state index >= 15 is 0 Å². The van der Waals surface area contributed by atoms with E-state index < -0.39 is 29.3 Å². The first-order valence-electron chi connectivity index (χ1n) is 9.35. The Hall–Kier alpha value is -4.40. The van der Waals surface area contributed by atoms with Crippen LogP contribution in [0.2, 0.25) is 0 Å². The summed E-state index contributed by atoms with van der Waals surface area (Å²) in [4.78, 5) is 48.5. The van der Waals surface area contributed by atoms with Crippen LogP contribution in [-0.2, 0) is 10.3 Å². The van der Waals surface area contributed by atoms with Crippen LogP contribution in [0.15, 0.2) is 71.3 Å². The molecule has 9 nitrogen and oxygen atoms in total. The molecule has 1 saturated heterocycles. The molecule has 1 aliphatic heterocycles. The van der Waals surface area contributed by atoms with E-state index in [-0.39, 0.29) is 5.76 Å². The second-order valence-corrected chi connectivity index (χ2v) is 7.08. The van der Waals surface area contributed by atoms with E-state index in [4.69, 9.17) is 4.42 Å². The van der Waals surface area contributed by atoms with Crippen molar-refractivity contribution in [2.75, 3.05) is 10.6 Å². The van der Waals surface area contributed by atoms with Gasteiger partial charge in [-0.1, -0.05) is 18.2 Å². The summed E-state index contributed by atoms with van der Waals surface area (Å²) in [6.07, 6.45) is 1.40. The van der Waals surface area contributed by atoms with Crippen LogP contribution < -0.4 is 21.3 Å². The Balaban J connectivity index is 1.49. The first kappa shape index (κ1) is 19.9. The van der Waals surface area contributed by atoms with E-state index in [2.05, 4.69) is 21.3 Å². The van der Waals surface area contributed by atoms with Crippen molar-refractivity contribution in [2.45, 2.75) is 12.5 Å². The van der Waals surface area contributed by atoms with Crippen LogP contribution in [0.1, 0.15) is 33.4 Å². The lowest BCUT2D eigenvalue weighted by molar-refractivity contribution is -0.123. The first-order valence-corrected chi connectivity index (χ1v) is 9.35. The minimum Gasteiger partial charge on any atom is -0.459 e. The highest BCUT2D eigenvalue weighted by Crippen LogP contribution is 2.26. The van der Waals surface area contributed by atoms with Gasteiger partial charge in [0.05, 0.1) is 6.26 Å². The number of carbonyl (C=O) groups excluding carboxylic acids is 4. The van der Waals surface area contributed by atoms with Gasteiger partial charge in [-0.15, -0.1) is 0 Å². The molecule has 1 unspecified atom stereocenters. The Kier molecular flexibility index (Phi) is 5.00. The Bertz CT molecular complexity index is 1190. The van der Waals surface area contributed by atoms with Crippen molar-refractivity contribution in [3.05, 3.63) is 83.8 Å². The molecule has 1 aromatic heterocycles. The van der Waals surface area contributed by atoms with E-state index in [1.807, 2.05) is 0 Å². The van der Waals surface area contributed by atoms with Gasteiger partial charge in [0.1, 0.15) is 5.54 Å². The number of anilines is 2. The third-order valence-corrected chi connectivity index (χ3v) is 4.87. The van der Waals surface area contributed by atoms with Crippen molar-refractivity contribution < 1.29 is 23.6 Å². The maximum atomic E-state index is 12.7. The number of rotatable bonds is 5. The monoisotopic (exact) mass is 418 g/mol. The summed E-state index contributed by atoms with van der Waals surface area (Å²) in [5.74, 6) is -1.15. The molecule has 0 saturated carbocycles. The molecule has 1 atom stereocenters. The van der Waals surface area contributed by atoms with Gasteiger partial charge in [0.2, 0.25) is 0 Å². The molecule has 0 bridgehead atoms. The molecule has 4 N–H and O–H groups in total. The minimum absolute atomic E-state index is 0.156. The van der Waals surface area contributed by atoms with Gasteiger partial charge in [0.25, 0.3) is 17.7 Å². The largest absolute Gasteiger partial charge is 0.459 e. The predicted molar refractivity (Wildman–Crippen MR) is 112 cm³/mol. The second kappa shape index (κ2) is 7.79. The lowest BCUT2D eigenvalue weighted by atomic mass is 9.92. The Morgan fingerprint density at radius 3 is 2.29 bits per heavy atom. The van der Waals surface area contributed by atoms with Crippen LogP contribution in [0, 0.1) is 0 Å². The summed E-state index contributed by atoms with van der Waals surface area (Å²) in [6.45, 7) is 1.58. The smallest absolute Gasteiger partial charge is 0.322 e. The summed E-state index contributed by atoms with van der Waals surface area (Å²) in [7, 11) is 0. The lowest BCUT2D eigenvalue weighted by Gasteiger charge is -2.21. The lowest BCUT2D eigenvalue weighted by Crippen LogP contribution is -2.40. The zero-order valence-corrected chi connectivity index (χ0v) is 16.4. The zero-order chi connectivity index (χ0) is 22.0. The van der Waals surface area contributed by atoms with Crippen LogP contribution in [0.5, 0.6) is 0 Å². The predicted octanol–water partition coefficient (Wildman–Crippen LogP) is 2.84. The Morgan fingerprint density at radius 2 is 1.61 bits per heavy atom. The number of hydrogen-bond donors (Lipinski definition) is 4. The molecule has 1 fully saturated rings. The molecule has 1 aliphatic rings. The van der Waals surface area contributed by atoms with Crippen LogP contribution in [0.3, 0.4) is 0 Å². The maximum Gasteiger partial charge on any atom is 0.322 e. The molecule has 31 heavy (non-hydrogen) atoms. The molecule has 2 aromatic carbocycles. The molecule has 9 heteroatoms. The normalized spacial score (nSPS) is 17.6. The number of imide groups is 1. The van der Waals surface area contributed by atoms with Crippen LogP contribution in [0.4, 0.5) is 16.2 Å².